The Morgan fingerprint density at radius 1 is 1.21 bits per heavy atom. The number of rotatable bonds is 8. The zero-order valence-electron chi connectivity index (χ0n) is 12.4. The second kappa shape index (κ2) is 8.39. The number of nitrogens with zero attached hydrogens (tertiary/aromatic N) is 1. The van der Waals surface area contributed by atoms with Gasteiger partial charge >= 0.3 is 0 Å². The van der Waals surface area contributed by atoms with Gasteiger partial charge in [0.15, 0.2) is 0 Å². The highest BCUT2D eigenvalue weighted by atomic mass is 35.5. The van der Waals surface area contributed by atoms with E-state index in [1.165, 1.54) is 0 Å². The van der Waals surface area contributed by atoms with Gasteiger partial charge in [-0.2, -0.15) is 0 Å². The molecule has 19 heavy (non-hydrogen) atoms. The molecule has 0 aliphatic heterocycles. The molecule has 0 unspecified atom stereocenters. The van der Waals surface area contributed by atoms with Crippen molar-refractivity contribution in [3.8, 4) is 5.88 Å². The molecule has 1 aromatic rings. The first kappa shape index (κ1) is 16.3. The van der Waals surface area contributed by atoms with Crippen molar-refractivity contribution in [2.45, 2.75) is 40.7 Å². The minimum Gasteiger partial charge on any atom is -0.478 e. The van der Waals surface area contributed by atoms with E-state index in [4.69, 9.17) is 16.3 Å². The van der Waals surface area contributed by atoms with Gasteiger partial charge in [-0.1, -0.05) is 39.3 Å². The van der Waals surface area contributed by atoms with Crippen LogP contribution in [-0.4, -0.2) is 18.1 Å². The van der Waals surface area contributed by atoms with E-state index >= 15 is 0 Å². The van der Waals surface area contributed by atoms with E-state index in [1.54, 1.807) is 0 Å². The fraction of sp³-hybridized carbons (Fsp3) is 0.667. The molecule has 0 aliphatic carbocycles. The van der Waals surface area contributed by atoms with Crippen molar-refractivity contribution in [1.29, 1.82) is 0 Å². The summed E-state index contributed by atoms with van der Waals surface area (Å²) in [6.07, 6.45) is 1.03. The Bertz CT molecular complexity index is 380. The van der Waals surface area contributed by atoms with Crippen LogP contribution in [0.2, 0.25) is 5.02 Å². The van der Waals surface area contributed by atoms with Gasteiger partial charge in [0.05, 0.1) is 17.3 Å². The van der Waals surface area contributed by atoms with Gasteiger partial charge in [-0.15, -0.1) is 0 Å². The van der Waals surface area contributed by atoms with E-state index < -0.39 is 0 Å². The number of aromatic nitrogens is 1. The van der Waals surface area contributed by atoms with Crippen LogP contribution in [0, 0.1) is 11.8 Å². The predicted octanol–water partition coefficient (Wildman–Crippen LogP) is 3.91. The van der Waals surface area contributed by atoms with Crippen LogP contribution in [0.4, 0.5) is 0 Å². The van der Waals surface area contributed by atoms with E-state index in [1.807, 2.05) is 12.1 Å². The van der Waals surface area contributed by atoms with E-state index in [-0.39, 0.29) is 0 Å². The highest BCUT2D eigenvalue weighted by Crippen LogP contribution is 2.18. The summed E-state index contributed by atoms with van der Waals surface area (Å²) in [6.45, 7) is 11.0. The first-order valence-corrected chi connectivity index (χ1v) is 7.35. The van der Waals surface area contributed by atoms with Gasteiger partial charge in [0, 0.05) is 12.6 Å². The molecule has 1 aromatic heterocycles. The summed E-state index contributed by atoms with van der Waals surface area (Å²) in [4.78, 5) is 4.45. The Balaban J connectivity index is 2.51. The lowest BCUT2D eigenvalue weighted by atomic mass is 10.1. The average molecular weight is 285 g/mol. The van der Waals surface area contributed by atoms with Crippen LogP contribution in [0.25, 0.3) is 0 Å². The molecule has 0 fully saturated rings. The predicted molar refractivity (Wildman–Crippen MR) is 80.7 cm³/mol. The van der Waals surface area contributed by atoms with Gasteiger partial charge in [0.25, 0.3) is 0 Å². The summed E-state index contributed by atoms with van der Waals surface area (Å²) in [6, 6.07) is 3.68. The number of hydrogen-bond acceptors (Lipinski definition) is 3. The lowest BCUT2D eigenvalue weighted by Crippen LogP contribution is -2.20. The minimum atomic E-state index is 0.615. The maximum Gasteiger partial charge on any atom is 0.213 e. The van der Waals surface area contributed by atoms with Crippen LogP contribution in [-0.2, 0) is 6.54 Å². The Kier molecular flexibility index (Phi) is 7.17. The molecule has 0 saturated heterocycles. The van der Waals surface area contributed by atoms with Crippen LogP contribution >= 0.6 is 11.6 Å². The first-order chi connectivity index (χ1) is 8.99. The normalized spacial score (nSPS) is 11.3. The second-order valence-corrected chi connectivity index (χ2v) is 6.04. The standard InChI is InChI=1S/C15H25ClN2O/c1-11(2)7-8-19-15-6-5-13(16)14(18-15)10-17-9-12(3)4/h5-6,11-12,17H,7-10H2,1-4H3. The van der Waals surface area contributed by atoms with E-state index in [2.05, 4.69) is 38.0 Å². The summed E-state index contributed by atoms with van der Waals surface area (Å²) in [5.41, 5.74) is 0.851. The molecule has 4 heteroatoms. The molecular formula is C15H25ClN2O. The lowest BCUT2D eigenvalue weighted by Gasteiger charge is -2.11. The third-order valence-corrected chi connectivity index (χ3v) is 3.03. The fourth-order valence-corrected chi connectivity index (χ4v) is 1.72. The average Bonchev–Trinajstić information content (AvgIpc) is 2.32. The van der Waals surface area contributed by atoms with Crippen molar-refractivity contribution < 1.29 is 4.74 Å². The SMILES string of the molecule is CC(C)CCOc1ccc(Cl)c(CNCC(C)C)n1. The molecule has 0 atom stereocenters. The van der Waals surface area contributed by atoms with Crippen molar-refractivity contribution in [3.05, 3.63) is 22.8 Å². The zero-order chi connectivity index (χ0) is 14.3. The molecule has 108 valence electrons. The van der Waals surface area contributed by atoms with Gasteiger partial charge in [0.1, 0.15) is 0 Å². The molecule has 3 nitrogen and oxygen atoms in total. The van der Waals surface area contributed by atoms with E-state index in [0.717, 1.165) is 18.7 Å². The van der Waals surface area contributed by atoms with Crippen LogP contribution in [0.5, 0.6) is 5.88 Å². The molecule has 1 heterocycles. The molecule has 0 saturated carbocycles. The third kappa shape index (κ3) is 6.79. The third-order valence-electron chi connectivity index (χ3n) is 2.68. The summed E-state index contributed by atoms with van der Waals surface area (Å²) in [5, 5.41) is 4.03. The molecular weight excluding hydrogens is 260 g/mol. The highest BCUT2D eigenvalue weighted by molar-refractivity contribution is 6.31. The Hall–Kier alpha value is -0.800. The lowest BCUT2D eigenvalue weighted by molar-refractivity contribution is 0.278. The minimum absolute atomic E-state index is 0.615. The maximum atomic E-state index is 6.14. The van der Waals surface area contributed by atoms with Gasteiger partial charge in [0.2, 0.25) is 5.88 Å². The first-order valence-electron chi connectivity index (χ1n) is 6.98. The number of halogens is 1. The molecule has 0 radical (unpaired) electrons. The fourth-order valence-electron chi connectivity index (χ4n) is 1.55. The summed E-state index contributed by atoms with van der Waals surface area (Å²) in [5.74, 6) is 1.91. The zero-order valence-corrected chi connectivity index (χ0v) is 13.1. The molecule has 1 rings (SSSR count). The summed E-state index contributed by atoms with van der Waals surface area (Å²) >= 11 is 6.14. The van der Waals surface area contributed by atoms with E-state index in [9.17, 15) is 0 Å². The van der Waals surface area contributed by atoms with Crippen LogP contribution in [0.3, 0.4) is 0 Å². The molecule has 0 spiro atoms. The highest BCUT2D eigenvalue weighted by Gasteiger charge is 2.05. The number of nitrogens with one attached hydrogen (secondary N) is 1. The number of ether oxygens (including phenoxy) is 1. The van der Waals surface area contributed by atoms with Crippen LogP contribution < -0.4 is 10.1 Å². The monoisotopic (exact) mass is 284 g/mol. The quantitative estimate of drug-likeness (QED) is 0.786. The van der Waals surface area contributed by atoms with Gasteiger partial charge in [-0.05, 0) is 30.9 Å². The smallest absolute Gasteiger partial charge is 0.213 e. The maximum absolute atomic E-state index is 6.14. The van der Waals surface area contributed by atoms with Crippen molar-refractivity contribution >= 4 is 11.6 Å². The van der Waals surface area contributed by atoms with Crippen LogP contribution in [0.1, 0.15) is 39.8 Å². The van der Waals surface area contributed by atoms with Gasteiger partial charge in [-0.25, -0.2) is 4.98 Å². The molecule has 0 aliphatic rings. The summed E-state index contributed by atoms with van der Waals surface area (Å²) in [7, 11) is 0. The van der Waals surface area contributed by atoms with E-state index in [0.29, 0.717) is 35.9 Å². The van der Waals surface area contributed by atoms with Gasteiger partial charge < -0.3 is 10.1 Å². The van der Waals surface area contributed by atoms with Crippen molar-refractivity contribution in [3.63, 3.8) is 0 Å². The Morgan fingerprint density at radius 2 is 1.95 bits per heavy atom. The largest absolute Gasteiger partial charge is 0.478 e. The Labute approximate surface area is 121 Å². The van der Waals surface area contributed by atoms with Crippen LogP contribution in [0.15, 0.2) is 12.1 Å². The summed E-state index contributed by atoms with van der Waals surface area (Å²) < 4.78 is 5.64. The topological polar surface area (TPSA) is 34.1 Å². The van der Waals surface area contributed by atoms with Crippen molar-refractivity contribution in [2.24, 2.45) is 11.8 Å². The molecule has 0 aromatic carbocycles. The van der Waals surface area contributed by atoms with Crippen molar-refractivity contribution in [2.75, 3.05) is 13.2 Å². The van der Waals surface area contributed by atoms with Gasteiger partial charge in [-0.3, -0.25) is 0 Å². The van der Waals surface area contributed by atoms with Crippen molar-refractivity contribution in [1.82, 2.24) is 10.3 Å². The number of pyridine rings is 1. The number of hydrogen-bond donors (Lipinski definition) is 1. The Morgan fingerprint density at radius 3 is 2.58 bits per heavy atom. The molecule has 1 N–H and O–H groups in total. The molecule has 0 amide bonds. The molecule has 0 bridgehead atoms. The second-order valence-electron chi connectivity index (χ2n) is 5.63.